The highest BCUT2D eigenvalue weighted by Crippen LogP contribution is 2.50. The molecule has 25 heavy (non-hydrogen) atoms. The number of guanidine groups is 1. The summed E-state index contributed by atoms with van der Waals surface area (Å²) in [5.41, 5.74) is 1.49. The van der Waals surface area contributed by atoms with Crippen molar-refractivity contribution in [2.75, 3.05) is 26.2 Å². The first-order chi connectivity index (χ1) is 12.1. The van der Waals surface area contributed by atoms with E-state index >= 15 is 0 Å². The molecule has 1 amide bonds. The van der Waals surface area contributed by atoms with E-state index in [9.17, 15) is 4.79 Å². The minimum atomic E-state index is 0.0806. The van der Waals surface area contributed by atoms with E-state index in [0.717, 1.165) is 49.3 Å². The third-order valence-corrected chi connectivity index (χ3v) is 5.09. The lowest BCUT2D eigenvalue weighted by molar-refractivity contribution is -0.120. The Morgan fingerprint density at radius 2 is 1.92 bits per heavy atom. The molecular formula is C19H29BrN4O. The number of halogens is 1. The second-order valence-electron chi connectivity index (χ2n) is 6.48. The van der Waals surface area contributed by atoms with Gasteiger partial charge >= 0.3 is 0 Å². The molecule has 0 bridgehead atoms. The van der Waals surface area contributed by atoms with Crippen molar-refractivity contribution in [1.29, 1.82) is 0 Å². The molecule has 0 atom stereocenters. The Balaban J connectivity index is 1.89. The van der Waals surface area contributed by atoms with Gasteiger partial charge in [0.25, 0.3) is 0 Å². The molecule has 0 aliphatic heterocycles. The van der Waals surface area contributed by atoms with Crippen LogP contribution in [0.2, 0.25) is 0 Å². The van der Waals surface area contributed by atoms with E-state index in [1.165, 1.54) is 5.56 Å². The first-order valence-corrected chi connectivity index (χ1v) is 9.94. The Kier molecular flexibility index (Phi) is 7.75. The van der Waals surface area contributed by atoms with E-state index < -0.39 is 0 Å². The molecular weight excluding hydrogens is 380 g/mol. The summed E-state index contributed by atoms with van der Waals surface area (Å²) in [4.78, 5) is 16.4. The smallest absolute Gasteiger partial charge is 0.221 e. The number of amides is 1. The van der Waals surface area contributed by atoms with Gasteiger partial charge in [-0.1, -0.05) is 41.1 Å². The predicted molar refractivity (Wildman–Crippen MR) is 107 cm³/mol. The van der Waals surface area contributed by atoms with Crippen LogP contribution in [0.15, 0.2) is 33.7 Å². The maximum absolute atomic E-state index is 11.7. The highest BCUT2D eigenvalue weighted by molar-refractivity contribution is 9.10. The van der Waals surface area contributed by atoms with Crippen LogP contribution in [0.25, 0.3) is 0 Å². The minimum Gasteiger partial charge on any atom is -0.357 e. The van der Waals surface area contributed by atoms with E-state index in [4.69, 9.17) is 4.99 Å². The molecule has 0 saturated heterocycles. The quantitative estimate of drug-likeness (QED) is 0.434. The SMILES string of the molecule is CCCNC(=O)CCNC(=NCC1(c2ccccc2Br)CC1)NCC. The van der Waals surface area contributed by atoms with Crippen molar-refractivity contribution in [1.82, 2.24) is 16.0 Å². The molecule has 1 aliphatic rings. The van der Waals surface area contributed by atoms with Gasteiger partial charge < -0.3 is 16.0 Å². The first-order valence-electron chi connectivity index (χ1n) is 9.15. The Labute approximate surface area is 159 Å². The van der Waals surface area contributed by atoms with Crippen molar-refractivity contribution in [3.8, 4) is 0 Å². The lowest BCUT2D eigenvalue weighted by atomic mass is 9.96. The molecule has 2 rings (SSSR count). The van der Waals surface area contributed by atoms with Crippen LogP contribution in [-0.4, -0.2) is 38.0 Å². The summed E-state index contributed by atoms with van der Waals surface area (Å²) in [6.45, 7) is 6.98. The number of benzene rings is 1. The highest BCUT2D eigenvalue weighted by atomic mass is 79.9. The molecule has 1 aliphatic carbocycles. The van der Waals surface area contributed by atoms with Crippen LogP contribution in [0.3, 0.4) is 0 Å². The van der Waals surface area contributed by atoms with Gasteiger partial charge in [-0.25, -0.2) is 0 Å². The second kappa shape index (κ2) is 9.80. The summed E-state index contributed by atoms with van der Waals surface area (Å²) in [5.74, 6) is 0.862. The number of carbonyl (C=O) groups is 1. The monoisotopic (exact) mass is 408 g/mol. The first kappa shape index (κ1) is 19.8. The zero-order valence-corrected chi connectivity index (χ0v) is 16.8. The van der Waals surface area contributed by atoms with Crippen LogP contribution in [0.5, 0.6) is 0 Å². The van der Waals surface area contributed by atoms with Gasteiger partial charge in [0.2, 0.25) is 5.91 Å². The Hall–Kier alpha value is -1.56. The molecule has 3 N–H and O–H groups in total. The lowest BCUT2D eigenvalue weighted by Gasteiger charge is -2.17. The molecule has 0 heterocycles. The van der Waals surface area contributed by atoms with Crippen molar-refractivity contribution < 1.29 is 4.79 Å². The van der Waals surface area contributed by atoms with E-state index in [1.54, 1.807) is 0 Å². The maximum Gasteiger partial charge on any atom is 0.221 e. The second-order valence-corrected chi connectivity index (χ2v) is 7.34. The van der Waals surface area contributed by atoms with Gasteiger partial charge in [-0.2, -0.15) is 0 Å². The molecule has 1 saturated carbocycles. The number of rotatable bonds is 9. The van der Waals surface area contributed by atoms with Crippen LogP contribution >= 0.6 is 15.9 Å². The number of nitrogens with one attached hydrogen (secondary N) is 3. The zero-order valence-electron chi connectivity index (χ0n) is 15.2. The average Bonchev–Trinajstić information content (AvgIpc) is 3.39. The fourth-order valence-corrected chi connectivity index (χ4v) is 3.48. The Morgan fingerprint density at radius 1 is 1.16 bits per heavy atom. The fourth-order valence-electron chi connectivity index (χ4n) is 2.77. The van der Waals surface area contributed by atoms with Gasteiger partial charge in [0.1, 0.15) is 0 Å². The summed E-state index contributed by atoms with van der Waals surface area (Å²) < 4.78 is 1.16. The molecule has 1 aromatic carbocycles. The molecule has 1 aromatic rings. The largest absolute Gasteiger partial charge is 0.357 e. The van der Waals surface area contributed by atoms with E-state index in [1.807, 2.05) is 19.9 Å². The average molecular weight is 409 g/mol. The number of aliphatic imine (C=N–C) groups is 1. The fraction of sp³-hybridized carbons (Fsp3) is 0.579. The highest BCUT2D eigenvalue weighted by Gasteiger charge is 2.45. The van der Waals surface area contributed by atoms with Crippen molar-refractivity contribution in [3.63, 3.8) is 0 Å². The molecule has 0 radical (unpaired) electrons. The number of carbonyl (C=O) groups excluding carboxylic acids is 1. The van der Waals surface area contributed by atoms with Crippen LogP contribution < -0.4 is 16.0 Å². The molecule has 6 heteroatoms. The summed E-state index contributed by atoms with van der Waals surface area (Å²) in [7, 11) is 0. The molecule has 0 spiro atoms. The van der Waals surface area contributed by atoms with Crippen LogP contribution in [0.1, 0.15) is 45.1 Å². The zero-order chi connectivity index (χ0) is 18.1. The van der Waals surface area contributed by atoms with Crippen LogP contribution in [-0.2, 0) is 10.2 Å². The number of nitrogens with zero attached hydrogens (tertiary/aromatic N) is 1. The lowest BCUT2D eigenvalue weighted by Crippen LogP contribution is -2.40. The van der Waals surface area contributed by atoms with Gasteiger partial charge in [0.15, 0.2) is 5.96 Å². The molecule has 1 fully saturated rings. The predicted octanol–water partition coefficient (Wildman–Crippen LogP) is 2.95. The summed E-state index contributed by atoms with van der Waals surface area (Å²) in [6.07, 6.45) is 3.75. The third kappa shape index (κ3) is 6.03. The van der Waals surface area contributed by atoms with Crippen LogP contribution in [0.4, 0.5) is 0 Å². The molecule has 0 unspecified atom stereocenters. The maximum atomic E-state index is 11.7. The van der Waals surface area contributed by atoms with Crippen molar-refractivity contribution in [2.24, 2.45) is 4.99 Å². The van der Waals surface area contributed by atoms with Gasteiger partial charge in [-0.3, -0.25) is 9.79 Å². The van der Waals surface area contributed by atoms with E-state index in [-0.39, 0.29) is 11.3 Å². The van der Waals surface area contributed by atoms with Gasteiger partial charge in [-0.05, 0) is 37.8 Å². The summed E-state index contributed by atoms with van der Waals surface area (Å²) >= 11 is 3.66. The van der Waals surface area contributed by atoms with Gasteiger partial charge in [0.05, 0.1) is 6.54 Å². The van der Waals surface area contributed by atoms with Crippen LogP contribution in [0, 0.1) is 0 Å². The standard InChI is InChI=1S/C19H29BrN4O/c1-3-12-22-17(25)9-13-23-18(21-4-2)24-14-19(10-11-19)15-7-5-6-8-16(15)20/h5-8H,3-4,9-14H2,1-2H3,(H,22,25)(H2,21,23,24). The molecule has 138 valence electrons. The number of hydrogen-bond donors (Lipinski definition) is 3. The summed E-state index contributed by atoms with van der Waals surface area (Å²) in [5, 5.41) is 9.41. The Bertz CT molecular complexity index is 599. The minimum absolute atomic E-state index is 0.0806. The van der Waals surface area contributed by atoms with Crippen molar-refractivity contribution in [2.45, 2.75) is 44.9 Å². The Morgan fingerprint density at radius 3 is 2.56 bits per heavy atom. The molecule has 0 aromatic heterocycles. The normalized spacial score (nSPS) is 15.6. The topological polar surface area (TPSA) is 65.5 Å². The molecule has 5 nitrogen and oxygen atoms in total. The van der Waals surface area contributed by atoms with Crippen molar-refractivity contribution in [3.05, 3.63) is 34.3 Å². The van der Waals surface area contributed by atoms with E-state index in [0.29, 0.717) is 13.0 Å². The van der Waals surface area contributed by atoms with Crippen molar-refractivity contribution >= 4 is 27.8 Å². The van der Waals surface area contributed by atoms with E-state index in [2.05, 4.69) is 50.1 Å². The van der Waals surface area contributed by atoms with Gasteiger partial charge in [-0.15, -0.1) is 0 Å². The number of hydrogen-bond acceptors (Lipinski definition) is 2. The van der Waals surface area contributed by atoms with Gasteiger partial charge in [0, 0.05) is 35.9 Å². The summed E-state index contributed by atoms with van der Waals surface area (Å²) in [6, 6.07) is 8.41. The third-order valence-electron chi connectivity index (χ3n) is 4.40.